The van der Waals surface area contributed by atoms with E-state index in [4.69, 9.17) is 14.2 Å². The number of aryl methyl sites for hydroxylation is 1. The molecule has 4 heterocycles. The van der Waals surface area contributed by atoms with Gasteiger partial charge in [0.05, 0.1) is 17.3 Å². The third kappa shape index (κ3) is 4.76. The van der Waals surface area contributed by atoms with Crippen LogP contribution in [0, 0.1) is 6.92 Å². The first-order chi connectivity index (χ1) is 15.8. The first-order valence-corrected chi connectivity index (χ1v) is 11.5. The molecule has 0 radical (unpaired) electrons. The van der Waals surface area contributed by atoms with Crippen LogP contribution in [0.25, 0.3) is 11.3 Å². The second kappa shape index (κ2) is 9.67. The molecule has 2 aromatic heterocycles. The Balaban J connectivity index is 1.34. The van der Waals surface area contributed by atoms with E-state index in [1.54, 1.807) is 6.20 Å². The normalized spacial score (nSPS) is 21.3. The summed E-state index contributed by atoms with van der Waals surface area (Å²) in [5, 5.41) is 14.6. The number of nitrogens with zero attached hydrogens (tertiary/aromatic N) is 3. The van der Waals surface area contributed by atoms with Crippen molar-refractivity contribution in [2.45, 2.75) is 51.2 Å². The van der Waals surface area contributed by atoms with Gasteiger partial charge in [-0.05, 0) is 63.9 Å². The van der Waals surface area contributed by atoms with Gasteiger partial charge in [-0.15, -0.1) is 0 Å². The van der Waals surface area contributed by atoms with Gasteiger partial charge in [0, 0.05) is 24.5 Å². The lowest BCUT2D eigenvalue weighted by Crippen LogP contribution is -2.37. The summed E-state index contributed by atoms with van der Waals surface area (Å²) in [7, 11) is 0. The molecule has 0 amide bonds. The summed E-state index contributed by atoms with van der Waals surface area (Å²) in [6, 6.07) is 10.1. The van der Waals surface area contributed by atoms with Crippen molar-refractivity contribution >= 4 is 11.6 Å². The molecule has 0 bridgehead atoms. The summed E-state index contributed by atoms with van der Waals surface area (Å²) in [6.07, 6.45) is 7.64. The van der Waals surface area contributed by atoms with Gasteiger partial charge in [-0.2, -0.15) is 0 Å². The Labute approximate surface area is 188 Å². The highest BCUT2D eigenvalue weighted by Crippen LogP contribution is 2.33. The standard InChI is InChI=1S/C24H30N6O2/c1-16-22(23(30-32-16)21-9-2-3-12-26-21)20-10-13-27-24(29-20)28-17-6-4-7-18(14-17)31-19-8-5-11-25-15-19/h4,6-7,10,13-14,19,21,25-26H,2-3,5,8-9,11-12,15H2,1H3,(H,27,28,29). The van der Waals surface area contributed by atoms with Crippen LogP contribution in [0.3, 0.4) is 0 Å². The minimum atomic E-state index is 0.200. The molecule has 0 aliphatic carbocycles. The number of anilines is 2. The summed E-state index contributed by atoms with van der Waals surface area (Å²) in [4.78, 5) is 9.19. The van der Waals surface area contributed by atoms with Crippen molar-refractivity contribution in [2.24, 2.45) is 0 Å². The van der Waals surface area contributed by atoms with Crippen LogP contribution in [0.4, 0.5) is 11.6 Å². The molecular weight excluding hydrogens is 404 g/mol. The van der Waals surface area contributed by atoms with E-state index >= 15 is 0 Å². The van der Waals surface area contributed by atoms with E-state index in [-0.39, 0.29) is 12.1 Å². The highest BCUT2D eigenvalue weighted by molar-refractivity contribution is 5.66. The summed E-state index contributed by atoms with van der Waals surface area (Å²) in [6.45, 7) is 4.89. The molecular formula is C24H30N6O2. The van der Waals surface area contributed by atoms with E-state index in [1.165, 1.54) is 12.8 Å². The zero-order valence-electron chi connectivity index (χ0n) is 18.4. The molecule has 1 aromatic carbocycles. The van der Waals surface area contributed by atoms with E-state index in [1.807, 2.05) is 37.3 Å². The highest BCUT2D eigenvalue weighted by Gasteiger charge is 2.25. The highest BCUT2D eigenvalue weighted by atomic mass is 16.5. The lowest BCUT2D eigenvalue weighted by atomic mass is 9.97. The van der Waals surface area contributed by atoms with Crippen LogP contribution in [0.1, 0.15) is 49.6 Å². The monoisotopic (exact) mass is 434 g/mol. The van der Waals surface area contributed by atoms with Crippen molar-refractivity contribution in [1.82, 2.24) is 25.8 Å². The lowest BCUT2D eigenvalue weighted by molar-refractivity contribution is 0.167. The number of aromatic nitrogens is 3. The Morgan fingerprint density at radius 3 is 2.94 bits per heavy atom. The molecule has 3 aromatic rings. The van der Waals surface area contributed by atoms with Crippen molar-refractivity contribution in [3.63, 3.8) is 0 Å². The van der Waals surface area contributed by atoms with Crippen LogP contribution in [-0.2, 0) is 0 Å². The number of ether oxygens (including phenoxy) is 1. The van der Waals surface area contributed by atoms with Crippen LogP contribution >= 0.6 is 0 Å². The minimum absolute atomic E-state index is 0.200. The molecule has 2 atom stereocenters. The maximum atomic E-state index is 6.14. The first kappa shape index (κ1) is 20.9. The first-order valence-electron chi connectivity index (χ1n) is 11.5. The summed E-state index contributed by atoms with van der Waals surface area (Å²) in [5.74, 6) is 2.15. The van der Waals surface area contributed by atoms with Crippen molar-refractivity contribution < 1.29 is 9.26 Å². The molecule has 2 fully saturated rings. The number of rotatable bonds is 6. The third-order valence-corrected chi connectivity index (χ3v) is 6.09. The average molecular weight is 435 g/mol. The zero-order valence-corrected chi connectivity index (χ0v) is 18.4. The Bertz CT molecular complexity index is 1040. The molecule has 0 saturated carbocycles. The number of piperidine rings is 2. The van der Waals surface area contributed by atoms with E-state index in [9.17, 15) is 0 Å². The summed E-state index contributed by atoms with van der Waals surface area (Å²) < 4.78 is 11.7. The molecule has 2 aliphatic heterocycles. The molecule has 168 valence electrons. The van der Waals surface area contributed by atoms with Crippen LogP contribution in [0.5, 0.6) is 5.75 Å². The fraction of sp³-hybridized carbons (Fsp3) is 0.458. The quantitative estimate of drug-likeness (QED) is 0.533. The van der Waals surface area contributed by atoms with Crippen LogP contribution in [0.2, 0.25) is 0 Å². The Morgan fingerprint density at radius 1 is 1.12 bits per heavy atom. The number of hydrogen-bond acceptors (Lipinski definition) is 8. The largest absolute Gasteiger partial charge is 0.489 e. The Kier molecular flexibility index (Phi) is 6.31. The van der Waals surface area contributed by atoms with Crippen LogP contribution in [0.15, 0.2) is 41.1 Å². The van der Waals surface area contributed by atoms with Crippen LogP contribution in [-0.4, -0.2) is 40.9 Å². The molecule has 8 heteroatoms. The van der Waals surface area contributed by atoms with Gasteiger partial charge in [0.1, 0.15) is 23.3 Å². The Morgan fingerprint density at radius 2 is 2.09 bits per heavy atom. The molecule has 5 rings (SSSR count). The topological polar surface area (TPSA) is 97.1 Å². The van der Waals surface area contributed by atoms with Gasteiger partial charge in [-0.1, -0.05) is 17.6 Å². The molecule has 2 unspecified atom stereocenters. The average Bonchev–Trinajstić information content (AvgIpc) is 3.22. The predicted octanol–water partition coefficient (Wildman–Crippen LogP) is 4.13. The molecule has 0 spiro atoms. The Hall–Kier alpha value is -2.97. The molecule has 8 nitrogen and oxygen atoms in total. The molecule has 3 N–H and O–H groups in total. The van der Waals surface area contributed by atoms with E-state index in [2.05, 4.69) is 26.1 Å². The number of nitrogens with one attached hydrogen (secondary N) is 3. The predicted molar refractivity (Wildman–Crippen MR) is 123 cm³/mol. The van der Waals surface area contributed by atoms with Gasteiger partial charge >= 0.3 is 0 Å². The molecule has 2 saturated heterocycles. The number of benzene rings is 1. The fourth-order valence-electron chi connectivity index (χ4n) is 4.47. The van der Waals surface area contributed by atoms with Gasteiger partial charge in [-0.3, -0.25) is 0 Å². The molecule has 2 aliphatic rings. The van der Waals surface area contributed by atoms with Gasteiger partial charge in [-0.25, -0.2) is 9.97 Å². The van der Waals surface area contributed by atoms with Gasteiger partial charge in [0.15, 0.2) is 0 Å². The maximum absolute atomic E-state index is 6.14. The third-order valence-electron chi connectivity index (χ3n) is 6.09. The molecule has 32 heavy (non-hydrogen) atoms. The van der Waals surface area contributed by atoms with E-state index < -0.39 is 0 Å². The second-order valence-electron chi connectivity index (χ2n) is 8.51. The second-order valence-corrected chi connectivity index (χ2v) is 8.51. The number of hydrogen-bond donors (Lipinski definition) is 3. The van der Waals surface area contributed by atoms with Gasteiger partial charge < -0.3 is 25.2 Å². The van der Waals surface area contributed by atoms with Crippen molar-refractivity contribution in [3.8, 4) is 17.0 Å². The maximum Gasteiger partial charge on any atom is 0.227 e. The van der Waals surface area contributed by atoms with E-state index in [0.717, 1.165) is 73.0 Å². The lowest BCUT2D eigenvalue weighted by Gasteiger charge is -2.24. The fourth-order valence-corrected chi connectivity index (χ4v) is 4.47. The van der Waals surface area contributed by atoms with Gasteiger partial charge in [0.2, 0.25) is 5.95 Å². The smallest absolute Gasteiger partial charge is 0.227 e. The minimum Gasteiger partial charge on any atom is -0.489 e. The van der Waals surface area contributed by atoms with Crippen molar-refractivity contribution in [2.75, 3.05) is 25.0 Å². The van der Waals surface area contributed by atoms with Crippen LogP contribution < -0.4 is 20.7 Å². The van der Waals surface area contributed by atoms with E-state index in [0.29, 0.717) is 5.95 Å². The van der Waals surface area contributed by atoms with Gasteiger partial charge in [0.25, 0.3) is 0 Å². The summed E-state index contributed by atoms with van der Waals surface area (Å²) in [5.41, 5.74) is 3.59. The SMILES string of the molecule is Cc1onc(C2CCCCN2)c1-c1ccnc(Nc2cccc(OC3CCCNC3)c2)n1. The van der Waals surface area contributed by atoms with Crippen molar-refractivity contribution in [1.29, 1.82) is 0 Å². The zero-order chi connectivity index (χ0) is 21.8. The van der Waals surface area contributed by atoms with Crippen molar-refractivity contribution in [3.05, 3.63) is 48.0 Å². The summed E-state index contributed by atoms with van der Waals surface area (Å²) >= 11 is 0.